The van der Waals surface area contributed by atoms with Gasteiger partial charge in [-0.3, -0.25) is 9.59 Å². The summed E-state index contributed by atoms with van der Waals surface area (Å²) >= 11 is 0. The normalized spacial score (nSPS) is 11.0. The minimum absolute atomic E-state index is 0.0323. The third-order valence-electron chi connectivity index (χ3n) is 3.37. The molecule has 25 heavy (non-hydrogen) atoms. The predicted octanol–water partition coefficient (Wildman–Crippen LogP) is 0.480. The van der Waals surface area contributed by atoms with Gasteiger partial charge in [0.1, 0.15) is 0 Å². The maximum atomic E-state index is 11.9. The number of amides is 2. The van der Waals surface area contributed by atoms with Gasteiger partial charge in [-0.15, -0.1) is 0 Å². The van der Waals surface area contributed by atoms with E-state index in [1.807, 2.05) is 6.92 Å². The zero-order valence-corrected chi connectivity index (χ0v) is 14.3. The summed E-state index contributed by atoms with van der Waals surface area (Å²) in [5.74, 6) is -1.69. The highest BCUT2D eigenvalue weighted by molar-refractivity contribution is 7.89. The number of nitrogen functional groups attached to an aromatic ring is 1. The fourth-order valence-corrected chi connectivity index (χ4v) is 2.55. The largest absolute Gasteiger partial charge is 0.397 e. The molecule has 0 saturated carbocycles. The van der Waals surface area contributed by atoms with E-state index in [4.69, 9.17) is 10.9 Å². The highest BCUT2D eigenvalue weighted by Crippen LogP contribution is 2.19. The third kappa shape index (κ3) is 5.03. The van der Waals surface area contributed by atoms with Gasteiger partial charge >= 0.3 is 11.8 Å². The number of rotatable bonds is 4. The summed E-state index contributed by atoms with van der Waals surface area (Å²) in [5.41, 5.74) is 8.04. The molecule has 0 aliphatic heterocycles. The first kappa shape index (κ1) is 18.4. The molecule has 0 aliphatic rings. The van der Waals surface area contributed by atoms with Crippen LogP contribution in [0.25, 0.3) is 0 Å². The Hall–Kier alpha value is -2.91. The number of hydrogen-bond donors (Lipinski definition) is 4. The number of hydrogen-bond acceptors (Lipinski definition) is 5. The SMILES string of the molecule is Cc1ccc(NC(=O)C(=O)NCc2ccc(S(N)(=O)=O)cc2)c(N)c1. The second-order valence-corrected chi connectivity index (χ2v) is 6.98. The molecule has 0 heterocycles. The average Bonchev–Trinajstić information content (AvgIpc) is 2.54. The smallest absolute Gasteiger partial charge is 0.313 e. The number of aryl methyl sites for hydroxylation is 1. The molecule has 9 heteroatoms. The van der Waals surface area contributed by atoms with Crippen LogP contribution in [0.4, 0.5) is 11.4 Å². The topological polar surface area (TPSA) is 144 Å². The van der Waals surface area contributed by atoms with E-state index in [-0.39, 0.29) is 11.4 Å². The van der Waals surface area contributed by atoms with E-state index >= 15 is 0 Å². The van der Waals surface area contributed by atoms with Crippen LogP contribution in [0.15, 0.2) is 47.4 Å². The summed E-state index contributed by atoms with van der Waals surface area (Å²) in [6.45, 7) is 1.91. The van der Waals surface area contributed by atoms with Crippen molar-refractivity contribution in [3.8, 4) is 0 Å². The molecule has 0 unspecified atom stereocenters. The molecule has 132 valence electrons. The lowest BCUT2D eigenvalue weighted by atomic mass is 10.2. The molecule has 2 aromatic carbocycles. The number of nitrogens with two attached hydrogens (primary N) is 2. The number of nitrogens with one attached hydrogen (secondary N) is 2. The van der Waals surface area contributed by atoms with Gasteiger partial charge in [0.15, 0.2) is 0 Å². The van der Waals surface area contributed by atoms with E-state index in [0.717, 1.165) is 5.56 Å². The van der Waals surface area contributed by atoms with Crippen molar-refractivity contribution < 1.29 is 18.0 Å². The highest BCUT2D eigenvalue weighted by atomic mass is 32.2. The van der Waals surface area contributed by atoms with Gasteiger partial charge in [-0.05, 0) is 42.3 Å². The lowest BCUT2D eigenvalue weighted by Crippen LogP contribution is -2.35. The van der Waals surface area contributed by atoms with Crippen LogP contribution in [-0.2, 0) is 26.2 Å². The van der Waals surface area contributed by atoms with E-state index in [1.54, 1.807) is 18.2 Å². The van der Waals surface area contributed by atoms with Crippen molar-refractivity contribution in [3.05, 3.63) is 53.6 Å². The van der Waals surface area contributed by atoms with Gasteiger partial charge in [-0.2, -0.15) is 0 Å². The summed E-state index contributed by atoms with van der Waals surface area (Å²) in [5, 5.41) is 9.87. The Labute approximate surface area is 145 Å². The molecule has 0 saturated heterocycles. The zero-order valence-electron chi connectivity index (χ0n) is 13.4. The van der Waals surface area contributed by atoms with Gasteiger partial charge in [-0.1, -0.05) is 18.2 Å². The second-order valence-electron chi connectivity index (χ2n) is 5.42. The van der Waals surface area contributed by atoms with Gasteiger partial charge in [0.05, 0.1) is 16.3 Å². The molecule has 6 N–H and O–H groups in total. The number of carbonyl (C=O) groups is 2. The molecule has 0 spiro atoms. The fourth-order valence-electron chi connectivity index (χ4n) is 2.03. The highest BCUT2D eigenvalue weighted by Gasteiger charge is 2.15. The summed E-state index contributed by atoms with van der Waals surface area (Å²) in [4.78, 5) is 23.7. The minimum Gasteiger partial charge on any atom is -0.397 e. The van der Waals surface area contributed by atoms with Gasteiger partial charge in [0.25, 0.3) is 0 Å². The molecule has 2 rings (SSSR count). The molecular formula is C16H18N4O4S. The molecule has 0 bridgehead atoms. The van der Waals surface area contributed by atoms with Crippen molar-refractivity contribution in [3.63, 3.8) is 0 Å². The van der Waals surface area contributed by atoms with Crippen molar-refractivity contribution in [2.45, 2.75) is 18.4 Å². The van der Waals surface area contributed by atoms with E-state index in [0.29, 0.717) is 16.9 Å². The lowest BCUT2D eigenvalue weighted by Gasteiger charge is -2.09. The molecule has 0 aliphatic carbocycles. The maximum Gasteiger partial charge on any atom is 0.313 e. The number of anilines is 2. The van der Waals surface area contributed by atoms with Crippen molar-refractivity contribution in [2.24, 2.45) is 5.14 Å². The Morgan fingerprint density at radius 2 is 1.68 bits per heavy atom. The Bertz CT molecular complexity index is 908. The molecule has 0 aromatic heterocycles. The molecule has 2 amide bonds. The van der Waals surface area contributed by atoms with E-state index in [9.17, 15) is 18.0 Å². The van der Waals surface area contributed by atoms with Gasteiger partial charge in [0.2, 0.25) is 10.0 Å². The van der Waals surface area contributed by atoms with E-state index in [2.05, 4.69) is 10.6 Å². The lowest BCUT2D eigenvalue weighted by molar-refractivity contribution is -0.136. The molecular weight excluding hydrogens is 344 g/mol. The third-order valence-corrected chi connectivity index (χ3v) is 4.30. The van der Waals surface area contributed by atoms with Crippen LogP contribution in [0.1, 0.15) is 11.1 Å². The molecule has 0 fully saturated rings. The number of benzene rings is 2. The van der Waals surface area contributed by atoms with Crippen LogP contribution < -0.4 is 21.5 Å². The first-order chi connectivity index (χ1) is 11.7. The Morgan fingerprint density at radius 3 is 2.24 bits per heavy atom. The van der Waals surface area contributed by atoms with E-state index in [1.165, 1.54) is 24.3 Å². The van der Waals surface area contributed by atoms with Crippen LogP contribution in [0.2, 0.25) is 0 Å². The van der Waals surface area contributed by atoms with Crippen molar-refractivity contribution in [2.75, 3.05) is 11.1 Å². The second kappa shape index (κ2) is 7.32. The summed E-state index contributed by atoms with van der Waals surface area (Å²) in [7, 11) is -3.77. The molecule has 0 radical (unpaired) electrons. The van der Waals surface area contributed by atoms with Crippen molar-refractivity contribution in [1.82, 2.24) is 5.32 Å². The summed E-state index contributed by atoms with van der Waals surface area (Å²) in [6, 6.07) is 10.7. The van der Waals surface area contributed by atoms with Crippen molar-refractivity contribution >= 4 is 33.2 Å². The van der Waals surface area contributed by atoms with Crippen molar-refractivity contribution in [1.29, 1.82) is 0 Å². The number of primary sulfonamides is 1. The first-order valence-electron chi connectivity index (χ1n) is 7.24. The maximum absolute atomic E-state index is 11.9. The van der Waals surface area contributed by atoms with E-state index < -0.39 is 21.8 Å². The summed E-state index contributed by atoms with van der Waals surface area (Å²) < 4.78 is 22.3. The number of sulfonamides is 1. The quantitative estimate of drug-likeness (QED) is 0.462. The standard InChI is InChI=1S/C16H18N4O4S/c1-10-2-7-14(13(17)8-10)20-16(22)15(21)19-9-11-3-5-12(6-4-11)25(18,23)24/h2-8H,9,17H2,1H3,(H,19,21)(H,20,22)(H2,18,23,24). The van der Waals surface area contributed by atoms with Gasteiger partial charge in [0, 0.05) is 6.54 Å². The minimum atomic E-state index is -3.77. The fraction of sp³-hybridized carbons (Fsp3) is 0.125. The van der Waals surface area contributed by atoms with Gasteiger partial charge < -0.3 is 16.4 Å². The average molecular weight is 362 g/mol. The first-order valence-corrected chi connectivity index (χ1v) is 8.78. The Kier molecular flexibility index (Phi) is 5.40. The molecule has 2 aromatic rings. The molecule has 8 nitrogen and oxygen atoms in total. The Morgan fingerprint density at radius 1 is 1.04 bits per heavy atom. The zero-order chi connectivity index (χ0) is 18.6. The number of carbonyl (C=O) groups excluding carboxylic acids is 2. The van der Waals surface area contributed by atoms with Crippen LogP contribution in [0, 0.1) is 6.92 Å². The van der Waals surface area contributed by atoms with Crippen LogP contribution in [0.5, 0.6) is 0 Å². The van der Waals surface area contributed by atoms with Crippen LogP contribution in [-0.4, -0.2) is 20.2 Å². The van der Waals surface area contributed by atoms with Gasteiger partial charge in [-0.25, -0.2) is 13.6 Å². The van der Waals surface area contributed by atoms with Crippen LogP contribution in [0.3, 0.4) is 0 Å². The Balaban J connectivity index is 1.94. The summed E-state index contributed by atoms with van der Waals surface area (Å²) in [6.07, 6.45) is 0. The predicted molar refractivity (Wildman–Crippen MR) is 93.9 cm³/mol. The monoisotopic (exact) mass is 362 g/mol. The molecule has 0 atom stereocenters. The van der Waals surface area contributed by atoms with Crippen LogP contribution >= 0.6 is 0 Å².